The molecule has 3 nitrogen and oxygen atoms in total. The van der Waals surface area contributed by atoms with Crippen molar-refractivity contribution >= 4 is 17.4 Å². The molecule has 2 amide bonds. The predicted molar refractivity (Wildman–Crippen MR) is 81.3 cm³/mol. The largest absolute Gasteiger partial charge is 0.282 e. The molecule has 0 aromatic heterocycles. The van der Waals surface area contributed by atoms with Crippen molar-refractivity contribution < 1.29 is 9.59 Å². The molecule has 2 aromatic carbocycles. The van der Waals surface area contributed by atoms with Crippen LogP contribution in [0.1, 0.15) is 17.5 Å². The van der Waals surface area contributed by atoms with Crippen LogP contribution in [0.5, 0.6) is 0 Å². The minimum atomic E-state index is -0.206. The van der Waals surface area contributed by atoms with Crippen LogP contribution in [0, 0.1) is 0 Å². The molecular formula is C18H15NO2. The summed E-state index contributed by atoms with van der Waals surface area (Å²) in [7, 11) is 1.53. The summed E-state index contributed by atoms with van der Waals surface area (Å²) in [5.74, 6) is -0.359. The lowest BCUT2D eigenvalue weighted by molar-refractivity contribution is -0.135. The first kappa shape index (κ1) is 13.3. The van der Waals surface area contributed by atoms with Crippen molar-refractivity contribution in [2.45, 2.75) is 6.42 Å². The molecule has 104 valence electrons. The maximum Gasteiger partial charge on any atom is 0.257 e. The minimum Gasteiger partial charge on any atom is -0.282 e. The van der Waals surface area contributed by atoms with E-state index < -0.39 is 0 Å². The van der Waals surface area contributed by atoms with E-state index in [2.05, 4.69) is 0 Å². The number of amides is 2. The van der Waals surface area contributed by atoms with Gasteiger partial charge in [0.25, 0.3) is 5.91 Å². The van der Waals surface area contributed by atoms with Gasteiger partial charge in [-0.15, -0.1) is 0 Å². The van der Waals surface area contributed by atoms with Crippen LogP contribution in [-0.2, 0) is 9.59 Å². The highest BCUT2D eigenvalue weighted by Gasteiger charge is 2.33. The van der Waals surface area contributed by atoms with Crippen molar-refractivity contribution in [2.75, 3.05) is 7.05 Å². The van der Waals surface area contributed by atoms with E-state index in [-0.39, 0.29) is 18.2 Å². The molecule has 1 aliphatic heterocycles. The van der Waals surface area contributed by atoms with E-state index in [0.717, 1.165) is 16.7 Å². The molecule has 1 aliphatic rings. The first-order valence-corrected chi connectivity index (χ1v) is 6.83. The van der Waals surface area contributed by atoms with Gasteiger partial charge in [0.2, 0.25) is 5.91 Å². The zero-order chi connectivity index (χ0) is 14.8. The summed E-state index contributed by atoms with van der Waals surface area (Å²) in [6, 6.07) is 19.5. The van der Waals surface area contributed by atoms with Crippen molar-refractivity contribution in [1.29, 1.82) is 0 Å². The molecular weight excluding hydrogens is 262 g/mol. The molecule has 0 bridgehead atoms. The van der Waals surface area contributed by atoms with E-state index in [4.69, 9.17) is 0 Å². The molecule has 0 atom stereocenters. The second-order valence-electron chi connectivity index (χ2n) is 5.02. The Bertz CT molecular complexity index is 676. The minimum absolute atomic E-state index is 0.153. The Morgan fingerprint density at radius 3 is 1.71 bits per heavy atom. The van der Waals surface area contributed by atoms with Gasteiger partial charge in [-0.25, -0.2) is 0 Å². The third kappa shape index (κ3) is 2.38. The molecule has 0 aliphatic carbocycles. The molecule has 1 saturated heterocycles. The Labute approximate surface area is 123 Å². The number of carbonyl (C=O) groups excluding carboxylic acids is 2. The van der Waals surface area contributed by atoms with Gasteiger partial charge in [0, 0.05) is 12.6 Å². The smallest absolute Gasteiger partial charge is 0.257 e. The molecule has 3 rings (SSSR count). The topological polar surface area (TPSA) is 37.4 Å². The molecule has 2 aromatic rings. The lowest BCUT2D eigenvalue weighted by atomic mass is 9.92. The molecule has 0 spiro atoms. The third-order valence-electron chi connectivity index (χ3n) is 3.69. The number of benzene rings is 2. The summed E-state index contributed by atoms with van der Waals surface area (Å²) in [6.45, 7) is 0. The van der Waals surface area contributed by atoms with Gasteiger partial charge < -0.3 is 0 Å². The molecule has 0 unspecified atom stereocenters. The Kier molecular flexibility index (Phi) is 3.40. The fraction of sp³-hybridized carbons (Fsp3) is 0.111. The summed E-state index contributed by atoms with van der Waals surface area (Å²) in [6.07, 6.45) is 0.161. The van der Waals surface area contributed by atoms with Crippen molar-refractivity contribution in [2.24, 2.45) is 0 Å². The Hall–Kier alpha value is -2.68. The van der Waals surface area contributed by atoms with E-state index in [1.165, 1.54) is 11.9 Å². The predicted octanol–water partition coefficient (Wildman–Crippen LogP) is 2.88. The van der Waals surface area contributed by atoms with Crippen molar-refractivity contribution in [3.05, 3.63) is 77.4 Å². The summed E-state index contributed by atoms with van der Waals surface area (Å²) < 4.78 is 0. The molecule has 0 radical (unpaired) electrons. The van der Waals surface area contributed by atoms with Crippen LogP contribution in [0.25, 0.3) is 5.57 Å². The second kappa shape index (κ2) is 5.37. The van der Waals surface area contributed by atoms with Crippen molar-refractivity contribution in [3.8, 4) is 0 Å². The monoisotopic (exact) mass is 277 g/mol. The molecule has 0 N–H and O–H groups in total. The quantitative estimate of drug-likeness (QED) is 0.625. The van der Waals surface area contributed by atoms with Crippen molar-refractivity contribution in [1.82, 2.24) is 4.90 Å². The van der Waals surface area contributed by atoms with Crippen LogP contribution in [0.3, 0.4) is 0 Å². The SMILES string of the molecule is CN1C(=O)CC(=C(c2ccccc2)c2ccccc2)C1=O. The van der Waals surface area contributed by atoms with Gasteiger partial charge in [-0.2, -0.15) is 0 Å². The zero-order valence-corrected chi connectivity index (χ0v) is 11.7. The number of nitrogens with zero attached hydrogens (tertiary/aromatic N) is 1. The van der Waals surface area contributed by atoms with Gasteiger partial charge in [0.05, 0.1) is 6.42 Å². The van der Waals surface area contributed by atoms with Crippen LogP contribution < -0.4 is 0 Å². The molecule has 1 heterocycles. The van der Waals surface area contributed by atoms with E-state index >= 15 is 0 Å². The normalized spacial score (nSPS) is 14.7. The maximum absolute atomic E-state index is 12.4. The standard InChI is InChI=1S/C18H15NO2/c1-19-16(20)12-15(18(19)21)17(13-8-4-2-5-9-13)14-10-6-3-7-11-14/h2-11H,12H2,1H3. The van der Waals surface area contributed by atoms with E-state index in [1.807, 2.05) is 60.7 Å². The number of likely N-dealkylation sites (tertiary alicyclic amines) is 1. The van der Waals surface area contributed by atoms with Crippen LogP contribution >= 0.6 is 0 Å². The first-order valence-electron chi connectivity index (χ1n) is 6.83. The number of rotatable bonds is 2. The number of likely N-dealkylation sites (N-methyl/N-ethyl adjacent to an activating group) is 1. The van der Waals surface area contributed by atoms with Crippen LogP contribution in [-0.4, -0.2) is 23.8 Å². The maximum atomic E-state index is 12.4. The Morgan fingerprint density at radius 1 is 0.857 bits per heavy atom. The number of imide groups is 1. The van der Waals surface area contributed by atoms with Gasteiger partial charge in [-0.3, -0.25) is 14.5 Å². The number of hydrogen-bond donors (Lipinski definition) is 0. The Balaban J connectivity index is 2.23. The fourth-order valence-corrected chi connectivity index (χ4v) is 2.58. The van der Waals surface area contributed by atoms with Gasteiger partial charge in [0.15, 0.2) is 0 Å². The van der Waals surface area contributed by atoms with Gasteiger partial charge in [-0.1, -0.05) is 60.7 Å². The lowest BCUT2D eigenvalue weighted by Crippen LogP contribution is -2.24. The van der Waals surface area contributed by atoms with E-state index in [0.29, 0.717) is 5.57 Å². The molecule has 0 saturated carbocycles. The van der Waals surface area contributed by atoms with Gasteiger partial charge in [-0.05, 0) is 16.7 Å². The summed E-state index contributed by atoms with van der Waals surface area (Å²) in [4.78, 5) is 25.4. The van der Waals surface area contributed by atoms with E-state index in [1.54, 1.807) is 0 Å². The molecule has 3 heteroatoms. The second-order valence-corrected chi connectivity index (χ2v) is 5.02. The van der Waals surface area contributed by atoms with Crippen LogP contribution in [0.15, 0.2) is 66.2 Å². The number of hydrogen-bond acceptors (Lipinski definition) is 2. The summed E-state index contributed by atoms with van der Waals surface area (Å²) >= 11 is 0. The highest BCUT2D eigenvalue weighted by molar-refractivity contribution is 6.18. The third-order valence-corrected chi connectivity index (χ3v) is 3.69. The van der Waals surface area contributed by atoms with Gasteiger partial charge >= 0.3 is 0 Å². The van der Waals surface area contributed by atoms with Crippen LogP contribution in [0.4, 0.5) is 0 Å². The summed E-state index contributed by atoms with van der Waals surface area (Å²) in [5, 5.41) is 0. The molecule has 1 fully saturated rings. The molecule has 21 heavy (non-hydrogen) atoms. The van der Waals surface area contributed by atoms with Gasteiger partial charge in [0.1, 0.15) is 0 Å². The highest BCUT2D eigenvalue weighted by atomic mass is 16.2. The average Bonchev–Trinajstić information content (AvgIpc) is 2.78. The zero-order valence-electron chi connectivity index (χ0n) is 11.7. The Morgan fingerprint density at radius 2 is 1.33 bits per heavy atom. The number of carbonyl (C=O) groups is 2. The van der Waals surface area contributed by atoms with Crippen molar-refractivity contribution in [3.63, 3.8) is 0 Å². The van der Waals surface area contributed by atoms with Crippen LogP contribution in [0.2, 0.25) is 0 Å². The summed E-state index contributed by atoms with van der Waals surface area (Å²) in [5.41, 5.74) is 3.32. The highest BCUT2D eigenvalue weighted by Crippen LogP contribution is 2.32. The van der Waals surface area contributed by atoms with E-state index in [9.17, 15) is 9.59 Å². The first-order chi connectivity index (χ1) is 10.2. The lowest BCUT2D eigenvalue weighted by Gasteiger charge is -2.11. The fourth-order valence-electron chi connectivity index (χ4n) is 2.58. The average molecular weight is 277 g/mol.